The minimum atomic E-state index is -4.83. The smallest absolute Gasteiger partial charge is 0.482 e. The Labute approximate surface area is 195 Å². The van der Waals surface area contributed by atoms with Crippen LogP contribution in [0.3, 0.4) is 0 Å². The van der Waals surface area contributed by atoms with Crippen LogP contribution in [0.25, 0.3) is 0 Å². The number of carbonyl (C=O) groups excluding carboxylic acids is 1. The van der Waals surface area contributed by atoms with Crippen LogP contribution < -0.4 is 20.1 Å². The molecule has 0 spiro atoms. The van der Waals surface area contributed by atoms with E-state index in [1.807, 2.05) is 13.8 Å². The van der Waals surface area contributed by atoms with E-state index in [9.17, 15) is 31.1 Å². The molecule has 1 amide bonds. The van der Waals surface area contributed by atoms with E-state index in [0.717, 1.165) is 24.4 Å². The minimum Gasteiger partial charge on any atom is -0.482 e. The predicted molar refractivity (Wildman–Crippen MR) is 114 cm³/mol. The van der Waals surface area contributed by atoms with E-state index in [1.54, 1.807) is 0 Å². The van der Waals surface area contributed by atoms with Gasteiger partial charge in [-0.05, 0) is 30.3 Å². The molecular weight excluding hydrogens is 484 g/mol. The van der Waals surface area contributed by atoms with Gasteiger partial charge in [0.05, 0.1) is 6.20 Å². The molecule has 0 aliphatic rings. The first kappa shape index (κ1) is 27.1. The zero-order chi connectivity index (χ0) is 26.1. The number of hydrogen-bond donors (Lipinski definition) is 2. The van der Waals surface area contributed by atoms with Gasteiger partial charge in [-0.15, -0.1) is 13.2 Å². The highest BCUT2D eigenvalue weighted by molar-refractivity contribution is 6.03. The van der Waals surface area contributed by atoms with E-state index >= 15 is 0 Å². The molecule has 2 N–H and O–H groups in total. The van der Waals surface area contributed by atoms with Gasteiger partial charge in [-0.3, -0.25) is 9.78 Å². The van der Waals surface area contributed by atoms with E-state index in [0.29, 0.717) is 5.69 Å². The zero-order valence-corrected chi connectivity index (χ0v) is 18.2. The van der Waals surface area contributed by atoms with Crippen LogP contribution in [0.1, 0.15) is 24.3 Å². The van der Waals surface area contributed by atoms with Crippen molar-refractivity contribution in [3.05, 3.63) is 60.7 Å². The Balaban J connectivity index is 0.00000210. The highest BCUT2D eigenvalue weighted by Gasteiger charge is 2.31. The maximum absolute atomic E-state index is 12.5. The van der Waals surface area contributed by atoms with Crippen molar-refractivity contribution < 1.29 is 40.6 Å². The molecule has 0 bridgehead atoms. The zero-order valence-electron chi connectivity index (χ0n) is 18.2. The number of carbonyl (C=O) groups is 1. The lowest BCUT2D eigenvalue weighted by molar-refractivity contribution is -0.274. The number of hydrogen-bond acceptors (Lipinski definition) is 7. The van der Waals surface area contributed by atoms with Crippen LogP contribution >= 0.6 is 0 Å². The van der Waals surface area contributed by atoms with Crippen LogP contribution in [0.5, 0.6) is 11.5 Å². The van der Waals surface area contributed by atoms with Gasteiger partial charge in [0, 0.05) is 24.1 Å². The Morgan fingerprint density at radius 3 is 2.29 bits per heavy atom. The quantitative estimate of drug-likeness (QED) is 0.397. The maximum atomic E-state index is 12.5. The van der Waals surface area contributed by atoms with Gasteiger partial charge in [-0.2, -0.15) is 13.2 Å². The molecule has 0 saturated carbocycles. The number of halogens is 6. The van der Waals surface area contributed by atoms with Crippen LogP contribution in [-0.2, 0) is 0 Å². The Kier molecular flexibility index (Phi) is 9.19. The monoisotopic (exact) mass is 503 g/mol. The standard InChI is InChI=1S/C19H13F6N5O3.C2H6/c20-18(21,22)10-32-15-6-7-26-9-14(15)29-16(31)13-5-8-27-17(30-13)28-11-1-3-12(4-2-11)33-19(23,24)25;1-2/h1-9H,10H2,(H,29,31)(H,27,28,30);1-2H3. The van der Waals surface area contributed by atoms with Crippen LogP contribution in [0, 0.1) is 0 Å². The van der Waals surface area contributed by atoms with Crippen molar-refractivity contribution in [2.75, 3.05) is 17.2 Å². The first-order valence-corrected chi connectivity index (χ1v) is 9.89. The largest absolute Gasteiger partial charge is 0.573 e. The number of alkyl halides is 6. The van der Waals surface area contributed by atoms with Crippen molar-refractivity contribution in [1.29, 1.82) is 0 Å². The Hall–Kier alpha value is -4.10. The number of ether oxygens (including phenoxy) is 2. The Morgan fingerprint density at radius 2 is 1.66 bits per heavy atom. The van der Waals surface area contributed by atoms with Gasteiger partial charge in [-0.1, -0.05) is 13.8 Å². The molecule has 0 saturated heterocycles. The fraction of sp³-hybridized carbons (Fsp3) is 0.238. The van der Waals surface area contributed by atoms with Gasteiger partial charge in [-0.25, -0.2) is 9.97 Å². The van der Waals surface area contributed by atoms with Crippen LogP contribution in [0.15, 0.2) is 55.0 Å². The SMILES string of the molecule is CC.O=C(Nc1cnccc1OCC(F)(F)F)c1ccnc(Nc2ccc(OC(F)(F)F)cc2)n1. The normalized spacial score (nSPS) is 11.1. The average molecular weight is 503 g/mol. The van der Waals surface area contributed by atoms with Crippen molar-refractivity contribution in [1.82, 2.24) is 15.0 Å². The topological polar surface area (TPSA) is 98.3 Å². The third-order valence-corrected chi connectivity index (χ3v) is 3.65. The number of rotatable bonds is 7. The lowest BCUT2D eigenvalue weighted by Gasteiger charge is -2.13. The summed E-state index contributed by atoms with van der Waals surface area (Å²) < 4.78 is 82.4. The molecule has 2 aromatic heterocycles. The summed E-state index contributed by atoms with van der Waals surface area (Å²) in [5.41, 5.74) is 0.0347. The Bertz CT molecular complexity index is 1110. The van der Waals surface area contributed by atoms with Crippen LogP contribution in [0.4, 0.5) is 43.7 Å². The maximum Gasteiger partial charge on any atom is 0.573 e. The third-order valence-electron chi connectivity index (χ3n) is 3.65. The summed E-state index contributed by atoms with van der Waals surface area (Å²) >= 11 is 0. The lowest BCUT2D eigenvalue weighted by atomic mass is 10.3. The van der Waals surface area contributed by atoms with Crippen molar-refractivity contribution >= 4 is 23.2 Å². The fourth-order valence-corrected chi connectivity index (χ4v) is 2.36. The highest BCUT2D eigenvalue weighted by Crippen LogP contribution is 2.27. The first-order chi connectivity index (χ1) is 16.5. The molecule has 0 aliphatic heterocycles. The van der Waals surface area contributed by atoms with Gasteiger partial charge < -0.3 is 20.1 Å². The van der Waals surface area contributed by atoms with Gasteiger partial charge in [0.15, 0.2) is 6.61 Å². The van der Waals surface area contributed by atoms with Gasteiger partial charge >= 0.3 is 12.5 Å². The van der Waals surface area contributed by atoms with Crippen molar-refractivity contribution in [2.45, 2.75) is 26.4 Å². The first-order valence-electron chi connectivity index (χ1n) is 9.89. The van der Waals surface area contributed by atoms with Crippen molar-refractivity contribution in [3.63, 3.8) is 0 Å². The third kappa shape index (κ3) is 9.35. The second-order valence-electron chi connectivity index (χ2n) is 6.19. The van der Waals surface area contributed by atoms with Gasteiger partial charge in [0.2, 0.25) is 5.95 Å². The summed E-state index contributed by atoms with van der Waals surface area (Å²) in [6.45, 7) is 2.44. The summed E-state index contributed by atoms with van der Waals surface area (Å²) in [6.07, 6.45) is -5.87. The average Bonchev–Trinajstić information content (AvgIpc) is 2.80. The van der Waals surface area contributed by atoms with Crippen LogP contribution in [0.2, 0.25) is 0 Å². The number of anilines is 3. The molecule has 1 aromatic carbocycles. The summed E-state index contributed by atoms with van der Waals surface area (Å²) in [5.74, 6) is -1.53. The van der Waals surface area contributed by atoms with Gasteiger partial charge in [0.25, 0.3) is 5.91 Å². The molecule has 3 aromatic rings. The molecule has 0 fully saturated rings. The molecular formula is C21H19F6N5O3. The summed E-state index contributed by atoms with van der Waals surface area (Å²) in [4.78, 5) is 24.1. The minimum absolute atomic E-state index is 0.0631. The van der Waals surface area contributed by atoms with Crippen molar-refractivity contribution in [2.24, 2.45) is 0 Å². The number of amides is 1. The van der Waals surface area contributed by atoms with E-state index in [1.165, 1.54) is 30.6 Å². The fourth-order valence-electron chi connectivity index (χ4n) is 2.36. The molecule has 14 heteroatoms. The highest BCUT2D eigenvalue weighted by atomic mass is 19.4. The number of nitrogens with zero attached hydrogens (tertiary/aromatic N) is 3. The summed E-state index contributed by atoms with van der Waals surface area (Å²) in [5, 5.41) is 5.05. The van der Waals surface area contributed by atoms with Gasteiger partial charge in [0.1, 0.15) is 22.9 Å². The van der Waals surface area contributed by atoms with Crippen LogP contribution in [-0.4, -0.2) is 40.0 Å². The molecule has 3 rings (SSSR count). The second kappa shape index (κ2) is 11.9. The lowest BCUT2D eigenvalue weighted by Crippen LogP contribution is -2.21. The molecule has 2 heterocycles. The number of benzene rings is 1. The van der Waals surface area contributed by atoms with E-state index in [-0.39, 0.29) is 23.1 Å². The molecule has 0 aliphatic carbocycles. The van der Waals surface area contributed by atoms with E-state index in [2.05, 4.69) is 35.1 Å². The molecule has 0 unspecified atom stereocenters. The molecule has 8 nitrogen and oxygen atoms in total. The molecule has 35 heavy (non-hydrogen) atoms. The second-order valence-corrected chi connectivity index (χ2v) is 6.19. The number of aromatic nitrogens is 3. The van der Waals surface area contributed by atoms with Crippen molar-refractivity contribution in [3.8, 4) is 11.5 Å². The molecule has 188 valence electrons. The number of pyridine rings is 1. The number of nitrogens with one attached hydrogen (secondary N) is 2. The van der Waals surface area contributed by atoms with E-state index < -0.39 is 30.8 Å². The van der Waals surface area contributed by atoms with E-state index in [4.69, 9.17) is 0 Å². The summed E-state index contributed by atoms with van der Waals surface area (Å²) in [6, 6.07) is 7.08. The Morgan fingerprint density at radius 1 is 0.971 bits per heavy atom. The predicted octanol–water partition coefficient (Wildman–Crippen LogP) is 5.73. The molecule has 0 atom stereocenters. The summed E-state index contributed by atoms with van der Waals surface area (Å²) in [7, 11) is 0. The molecule has 0 radical (unpaired) electrons.